The molecule has 0 spiro atoms. The van der Waals surface area contributed by atoms with Crippen molar-refractivity contribution >= 4 is 23.3 Å². The fraction of sp³-hybridized carbons (Fsp3) is 0.192. The van der Waals surface area contributed by atoms with Gasteiger partial charge >= 0.3 is 0 Å². The lowest BCUT2D eigenvalue weighted by molar-refractivity contribution is 0.0650. The molecule has 1 saturated heterocycles. The zero-order chi connectivity index (χ0) is 23.4. The lowest BCUT2D eigenvalue weighted by Gasteiger charge is -2.32. The number of hydrogen-bond donors (Lipinski definition) is 1. The summed E-state index contributed by atoms with van der Waals surface area (Å²) in [5.41, 5.74) is 0.969. The van der Waals surface area contributed by atoms with Gasteiger partial charge in [0.25, 0.3) is 11.8 Å². The number of carbonyl (C=O) groups is 3. The minimum atomic E-state index is -0.747. The van der Waals surface area contributed by atoms with Crippen LogP contribution in [0.15, 0.2) is 72.8 Å². The van der Waals surface area contributed by atoms with E-state index in [1.54, 1.807) is 53.4 Å². The molecule has 1 N–H and O–H groups in total. The van der Waals surface area contributed by atoms with Crippen molar-refractivity contribution < 1.29 is 23.2 Å². The first kappa shape index (κ1) is 22.3. The van der Waals surface area contributed by atoms with Crippen LogP contribution in [0.25, 0.3) is 0 Å². The third-order valence-electron chi connectivity index (χ3n) is 5.79. The quantitative estimate of drug-likeness (QED) is 0.562. The molecule has 3 aromatic rings. The van der Waals surface area contributed by atoms with E-state index in [9.17, 15) is 23.2 Å². The first-order chi connectivity index (χ1) is 15.9. The first-order valence-corrected chi connectivity index (χ1v) is 10.7. The van der Waals surface area contributed by atoms with Gasteiger partial charge in [0.05, 0.1) is 16.8 Å². The molecule has 7 heteroatoms. The van der Waals surface area contributed by atoms with Gasteiger partial charge in [-0.3, -0.25) is 14.4 Å². The van der Waals surface area contributed by atoms with Crippen LogP contribution in [0.3, 0.4) is 0 Å². The number of carbonyl (C=O) groups excluding carboxylic acids is 3. The van der Waals surface area contributed by atoms with Crippen molar-refractivity contribution in [2.45, 2.75) is 12.8 Å². The number of Topliss-reactive ketones (excluding diaryl/α,β-unsaturated/α-hetero) is 1. The van der Waals surface area contributed by atoms with Gasteiger partial charge in [-0.15, -0.1) is 0 Å². The number of rotatable bonds is 5. The van der Waals surface area contributed by atoms with Crippen molar-refractivity contribution in [3.63, 3.8) is 0 Å². The fourth-order valence-electron chi connectivity index (χ4n) is 3.98. The second kappa shape index (κ2) is 9.73. The second-order valence-electron chi connectivity index (χ2n) is 7.92. The topological polar surface area (TPSA) is 66.5 Å². The lowest BCUT2D eigenvalue weighted by atomic mass is 9.88. The monoisotopic (exact) mass is 448 g/mol. The zero-order valence-electron chi connectivity index (χ0n) is 17.8. The molecule has 168 valence electrons. The number of likely N-dealkylation sites (tertiary alicyclic amines) is 1. The number of nitrogens with zero attached hydrogens (tertiary/aromatic N) is 1. The van der Waals surface area contributed by atoms with E-state index in [0.717, 1.165) is 18.2 Å². The van der Waals surface area contributed by atoms with E-state index in [4.69, 9.17) is 0 Å². The minimum absolute atomic E-state index is 0.256. The number of amides is 2. The highest BCUT2D eigenvalue weighted by Gasteiger charge is 2.30. The van der Waals surface area contributed by atoms with Gasteiger partial charge in [-0.1, -0.05) is 30.3 Å². The Hall–Kier alpha value is -3.87. The van der Waals surface area contributed by atoms with Crippen molar-refractivity contribution in [1.29, 1.82) is 0 Å². The molecular weight excluding hydrogens is 426 g/mol. The van der Waals surface area contributed by atoms with Gasteiger partial charge in [0.15, 0.2) is 5.78 Å². The number of benzene rings is 3. The SMILES string of the molecule is O=C(Nc1ccccc1C(=O)N1CCC(C(=O)c2cc(F)ccc2F)CC1)c1ccccc1. The molecule has 1 heterocycles. The lowest BCUT2D eigenvalue weighted by Crippen LogP contribution is -2.40. The molecule has 0 aromatic heterocycles. The predicted octanol–water partition coefficient (Wildman–Crippen LogP) is 4.95. The number of anilines is 1. The summed E-state index contributed by atoms with van der Waals surface area (Å²) in [5.74, 6) is -2.93. The van der Waals surface area contributed by atoms with E-state index in [1.165, 1.54) is 0 Å². The predicted molar refractivity (Wildman–Crippen MR) is 120 cm³/mol. The highest BCUT2D eigenvalue weighted by Crippen LogP contribution is 2.26. The van der Waals surface area contributed by atoms with Crippen molar-refractivity contribution in [2.75, 3.05) is 18.4 Å². The maximum Gasteiger partial charge on any atom is 0.255 e. The smallest absolute Gasteiger partial charge is 0.255 e. The van der Waals surface area contributed by atoms with E-state index < -0.39 is 23.3 Å². The average Bonchev–Trinajstić information content (AvgIpc) is 2.85. The Bertz CT molecular complexity index is 1190. The third-order valence-corrected chi connectivity index (χ3v) is 5.79. The molecule has 3 aromatic carbocycles. The van der Waals surface area contributed by atoms with Crippen molar-refractivity contribution in [1.82, 2.24) is 4.90 Å². The number of para-hydroxylation sites is 1. The van der Waals surface area contributed by atoms with Crippen molar-refractivity contribution in [3.8, 4) is 0 Å². The molecule has 5 nitrogen and oxygen atoms in total. The number of hydrogen-bond acceptors (Lipinski definition) is 3. The summed E-state index contributed by atoms with van der Waals surface area (Å²) in [6, 6.07) is 18.3. The van der Waals surface area contributed by atoms with Gasteiger partial charge in [-0.2, -0.15) is 0 Å². The number of nitrogens with one attached hydrogen (secondary N) is 1. The summed E-state index contributed by atoms with van der Waals surface area (Å²) < 4.78 is 27.5. The van der Waals surface area contributed by atoms with Crippen LogP contribution in [0.1, 0.15) is 43.9 Å². The molecule has 4 rings (SSSR count). The Morgan fingerprint density at radius 3 is 2.21 bits per heavy atom. The molecule has 33 heavy (non-hydrogen) atoms. The summed E-state index contributed by atoms with van der Waals surface area (Å²) in [7, 11) is 0. The number of ketones is 1. The van der Waals surface area contributed by atoms with Crippen LogP contribution in [-0.2, 0) is 0 Å². The van der Waals surface area contributed by atoms with E-state index in [1.807, 2.05) is 6.07 Å². The summed E-state index contributed by atoms with van der Waals surface area (Å²) in [5, 5.41) is 2.79. The van der Waals surface area contributed by atoms with E-state index in [2.05, 4.69) is 5.32 Å². The Kier molecular flexibility index (Phi) is 6.58. The molecule has 0 radical (unpaired) electrons. The summed E-state index contributed by atoms with van der Waals surface area (Å²) >= 11 is 0. The van der Waals surface area contributed by atoms with E-state index in [0.29, 0.717) is 42.7 Å². The van der Waals surface area contributed by atoms with Crippen LogP contribution < -0.4 is 5.32 Å². The van der Waals surface area contributed by atoms with Gasteiger partial charge in [-0.05, 0) is 55.3 Å². The molecule has 0 bridgehead atoms. The van der Waals surface area contributed by atoms with E-state index in [-0.39, 0.29) is 17.4 Å². The van der Waals surface area contributed by atoms with Crippen LogP contribution in [0.5, 0.6) is 0 Å². The zero-order valence-corrected chi connectivity index (χ0v) is 17.8. The van der Waals surface area contributed by atoms with Gasteiger partial charge in [0.2, 0.25) is 0 Å². The van der Waals surface area contributed by atoms with Gasteiger partial charge in [0.1, 0.15) is 11.6 Å². The Morgan fingerprint density at radius 1 is 0.818 bits per heavy atom. The fourth-order valence-corrected chi connectivity index (χ4v) is 3.98. The largest absolute Gasteiger partial charge is 0.339 e. The maximum atomic E-state index is 14.0. The van der Waals surface area contributed by atoms with E-state index >= 15 is 0 Å². The molecule has 1 fully saturated rings. The molecule has 0 saturated carbocycles. The Labute approximate surface area is 190 Å². The standard InChI is InChI=1S/C26H22F2N2O3/c27-19-10-11-22(28)21(16-19)24(31)17-12-14-30(15-13-17)26(33)20-8-4-5-9-23(20)29-25(32)18-6-2-1-3-7-18/h1-11,16-17H,12-15H2,(H,29,32). The van der Waals surface area contributed by atoms with Crippen molar-refractivity contribution in [3.05, 3.63) is 101 Å². The average molecular weight is 448 g/mol. The van der Waals surface area contributed by atoms with Crippen LogP contribution in [0, 0.1) is 17.6 Å². The summed E-state index contributed by atoms with van der Waals surface area (Å²) in [6.07, 6.45) is 0.693. The van der Waals surface area contributed by atoms with Crippen molar-refractivity contribution in [2.24, 2.45) is 5.92 Å². The molecular formula is C26H22F2N2O3. The third kappa shape index (κ3) is 4.98. The van der Waals surface area contributed by atoms with Crippen LogP contribution in [0.2, 0.25) is 0 Å². The first-order valence-electron chi connectivity index (χ1n) is 10.7. The summed E-state index contributed by atoms with van der Waals surface area (Å²) in [4.78, 5) is 40.0. The van der Waals surface area contributed by atoms with Gasteiger partial charge < -0.3 is 10.2 Å². The number of piperidine rings is 1. The van der Waals surface area contributed by atoms with Gasteiger partial charge in [0, 0.05) is 24.6 Å². The molecule has 0 aliphatic carbocycles. The summed E-state index contributed by atoms with van der Waals surface area (Å²) in [6.45, 7) is 0.598. The number of halogens is 2. The highest BCUT2D eigenvalue weighted by atomic mass is 19.1. The maximum absolute atomic E-state index is 14.0. The van der Waals surface area contributed by atoms with Crippen LogP contribution in [-0.4, -0.2) is 35.6 Å². The Balaban J connectivity index is 1.43. The molecule has 0 atom stereocenters. The van der Waals surface area contributed by atoms with Crippen LogP contribution >= 0.6 is 0 Å². The van der Waals surface area contributed by atoms with Crippen LogP contribution in [0.4, 0.5) is 14.5 Å². The molecule has 1 aliphatic rings. The Morgan fingerprint density at radius 2 is 1.48 bits per heavy atom. The molecule has 1 aliphatic heterocycles. The molecule has 0 unspecified atom stereocenters. The minimum Gasteiger partial charge on any atom is -0.339 e. The van der Waals surface area contributed by atoms with Gasteiger partial charge in [-0.25, -0.2) is 8.78 Å². The molecule has 2 amide bonds. The normalized spacial score (nSPS) is 14.1. The highest BCUT2D eigenvalue weighted by molar-refractivity contribution is 6.09. The second-order valence-corrected chi connectivity index (χ2v) is 7.92.